The number of hydrogen-bond acceptors (Lipinski definition) is 2. The van der Waals surface area contributed by atoms with E-state index in [0.29, 0.717) is 9.06 Å². The number of sulfone groups is 1. The molecule has 1 rings (SSSR count). The molecule has 0 aromatic heterocycles. The minimum absolute atomic E-state index is 0.701. The van der Waals surface area contributed by atoms with E-state index >= 15 is 0 Å². The molecule has 0 amide bonds. The van der Waals surface area contributed by atoms with Crippen molar-refractivity contribution in [3.05, 3.63) is 21.2 Å². The van der Waals surface area contributed by atoms with Crippen LogP contribution in [0.4, 0.5) is 0 Å². The quantitative estimate of drug-likeness (QED) is 0.715. The molecule has 1 heterocycles. The van der Waals surface area contributed by atoms with Gasteiger partial charge in [-0.15, -0.1) is 0 Å². The van der Waals surface area contributed by atoms with Gasteiger partial charge in [0.15, 0.2) is 9.84 Å². The van der Waals surface area contributed by atoms with Gasteiger partial charge in [-0.25, -0.2) is 8.42 Å². The first kappa shape index (κ1) is 12.9. The van der Waals surface area contributed by atoms with Gasteiger partial charge >= 0.3 is 0 Å². The zero-order valence-electron chi connectivity index (χ0n) is 10.4. The Morgan fingerprint density at radius 3 is 1.20 bits per heavy atom. The van der Waals surface area contributed by atoms with Crippen molar-refractivity contribution in [2.24, 2.45) is 0 Å². The largest absolute Gasteiger partial charge is 0.220 e. The summed E-state index contributed by atoms with van der Waals surface area (Å²) in [6.45, 7) is 12.5. The molecule has 15 heavy (non-hydrogen) atoms. The molecule has 1 aliphatic rings. The highest BCUT2D eigenvalue weighted by atomic mass is 32.2. The standard InChI is InChI=1S/C10H20O2SSi2/c1-14(2,3)9-7-8-10(13(9,11)12)15(4,5)6/h7-8H,1-6H3. The molecule has 0 aromatic rings. The maximum absolute atomic E-state index is 12.3. The summed E-state index contributed by atoms with van der Waals surface area (Å²) in [5, 5.41) is 0. The summed E-state index contributed by atoms with van der Waals surface area (Å²) in [7, 11) is -6.57. The lowest BCUT2D eigenvalue weighted by Crippen LogP contribution is -2.34. The molecule has 0 fully saturated rings. The Bertz CT molecular complexity index is 395. The predicted octanol–water partition coefficient (Wildman–Crippen LogP) is 2.94. The molecule has 0 aliphatic carbocycles. The van der Waals surface area contributed by atoms with Crippen molar-refractivity contribution in [2.75, 3.05) is 0 Å². The zero-order valence-corrected chi connectivity index (χ0v) is 13.2. The summed E-state index contributed by atoms with van der Waals surface area (Å²) < 4.78 is 26.0. The molecule has 86 valence electrons. The SMILES string of the molecule is C[Si](C)(C)C1=CC=C([Si](C)(C)C)S1(=O)=O. The van der Waals surface area contributed by atoms with E-state index in [0.717, 1.165) is 0 Å². The Morgan fingerprint density at radius 1 is 0.800 bits per heavy atom. The molecule has 1 aliphatic heterocycles. The fourth-order valence-electron chi connectivity index (χ4n) is 1.76. The van der Waals surface area contributed by atoms with Gasteiger partial charge in [0.2, 0.25) is 0 Å². The molecule has 0 atom stereocenters. The van der Waals surface area contributed by atoms with Gasteiger partial charge in [0.25, 0.3) is 0 Å². The van der Waals surface area contributed by atoms with Gasteiger partial charge in [0.1, 0.15) is 0 Å². The minimum atomic E-state index is -3.10. The van der Waals surface area contributed by atoms with Crippen LogP contribution in [0.5, 0.6) is 0 Å². The molecule has 0 bridgehead atoms. The first-order valence-corrected chi connectivity index (χ1v) is 13.6. The van der Waals surface area contributed by atoms with E-state index in [2.05, 4.69) is 39.3 Å². The van der Waals surface area contributed by atoms with Crippen LogP contribution in [0.15, 0.2) is 21.2 Å². The summed E-state index contributed by atoms with van der Waals surface area (Å²) in [4.78, 5) is 0. The highest BCUT2D eigenvalue weighted by molar-refractivity contribution is 8.03. The first-order chi connectivity index (χ1) is 6.47. The van der Waals surface area contributed by atoms with Crippen LogP contribution >= 0.6 is 0 Å². The monoisotopic (exact) mass is 260 g/mol. The van der Waals surface area contributed by atoms with E-state index in [4.69, 9.17) is 0 Å². The van der Waals surface area contributed by atoms with Crippen molar-refractivity contribution in [3.8, 4) is 0 Å². The predicted molar refractivity (Wildman–Crippen MR) is 71.8 cm³/mol. The smallest absolute Gasteiger partial charge is 0.191 e. The number of hydrogen-bond donors (Lipinski definition) is 0. The molecule has 2 nitrogen and oxygen atoms in total. The Hall–Kier alpha value is -0.136. The van der Waals surface area contributed by atoms with Crippen LogP contribution in [0.1, 0.15) is 0 Å². The lowest BCUT2D eigenvalue weighted by Gasteiger charge is -2.23. The lowest BCUT2D eigenvalue weighted by molar-refractivity contribution is 0.611. The third-order valence-electron chi connectivity index (χ3n) is 2.44. The van der Waals surface area contributed by atoms with Crippen molar-refractivity contribution in [1.29, 1.82) is 0 Å². The minimum Gasteiger partial charge on any atom is -0.220 e. The second-order valence-electron chi connectivity index (χ2n) is 6.07. The normalized spacial score (nSPS) is 21.2. The summed E-state index contributed by atoms with van der Waals surface area (Å²) in [5.41, 5.74) is 0. The molecule has 0 N–H and O–H groups in total. The summed E-state index contributed by atoms with van der Waals surface area (Å²) in [6.07, 6.45) is 3.68. The van der Waals surface area contributed by atoms with E-state index in [1.165, 1.54) is 0 Å². The van der Waals surface area contributed by atoms with Gasteiger partial charge in [-0.2, -0.15) is 0 Å². The summed E-state index contributed by atoms with van der Waals surface area (Å²) in [5.74, 6) is 0. The maximum atomic E-state index is 12.3. The fraction of sp³-hybridized carbons (Fsp3) is 0.600. The van der Waals surface area contributed by atoms with Gasteiger partial charge in [0.05, 0.1) is 16.1 Å². The second-order valence-corrected chi connectivity index (χ2v) is 18.8. The summed E-state index contributed by atoms with van der Waals surface area (Å²) in [6, 6.07) is 0. The van der Waals surface area contributed by atoms with Crippen LogP contribution < -0.4 is 0 Å². The topological polar surface area (TPSA) is 34.1 Å². The Labute approximate surface area is 95.0 Å². The van der Waals surface area contributed by atoms with Crippen LogP contribution in [0, 0.1) is 0 Å². The maximum Gasteiger partial charge on any atom is 0.191 e. The Morgan fingerprint density at radius 2 is 1.07 bits per heavy atom. The van der Waals surface area contributed by atoms with Crippen LogP contribution in [0.3, 0.4) is 0 Å². The van der Waals surface area contributed by atoms with Crippen LogP contribution in [0.25, 0.3) is 0 Å². The van der Waals surface area contributed by atoms with Gasteiger partial charge < -0.3 is 0 Å². The summed E-state index contributed by atoms with van der Waals surface area (Å²) >= 11 is 0. The van der Waals surface area contributed by atoms with E-state index in [1.807, 2.05) is 12.2 Å². The molecule has 0 unspecified atom stereocenters. The Kier molecular flexibility index (Phi) is 2.96. The highest BCUT2D eigenvalue weighted by Crippen LogP contribution is 2.35. The van der Waals surface area contributed by atoms with Crippen molar-refractivity contribution >= 4 is 26.0 Å². The van der Waals surface area contributed by atoms with Gasteiger partial charge in [-0.1, -0.05) is 51.4 Å². The van der Waals surface area contributed by atoms with Crippen molar-refractivity contribution in [2.45, 2.75) is 39.3 Å². The third kappa shape index (κ3) is 2.34. The van der Waals surface area contributed by atoms with E-state index in [1.54, 1.807) is 0 Å². The number of rotatable bonds is 2. The van der Waals surface area contributed by atoms with Crippen molar-refractivity contribution in [1.82, 2.24) is 0 Å². The Balaban J connectivity index is 3.24. The van der Waals surface area contributed by atoms with Crippen LogP contribution in [-0.2, 0) is 9.84 Å². The molecule has 0 radical (unpaired) electrons. The molecular weight excluding hydrogens is 240 g/mol. The van der Waals surface area contributed by atoms with E-state index in [-0.39, 0.29) is 0 Å². The molecular formula is C10H20O2SSi2. The average Bonchev–Trinajstić information content (AvgIpc) is 2.21. The molecule has 5 heteroatoms. The van der Waals surface area contributed by atoms with Crippen LogP contribution in [0.2, 0.25) is 39.3 Å². The van der Waals surface area contributed by atoms with Crippen molar-refractivity contribution in [3.63, 3.8) is 0 Å². The first-order valence-electron chi connectivity index (χ1n) is 5.15. The third-order valence-corrected chi connectivity index (χ3v) is 12.5. The van der Waals surface area contributed by atoms with Gasteiger partial charge in [-0.05, 0) is 0 Å². The highest BCUT2D eigenvalue weighted by Gasteiger charge is 2.41. The van der Waals surface area contributed by atoms with Gasteiger partial charge in [0, 0.05) is 9.06 Å². The fourth-order valence-corrected chi connectivity index (χ4v) is 11.1. The zero-order chi connectivity index (χ0) is 12.1. The number of allylic oxidation sites excluding steroid dienone is 2. The molecule has 0 saturated carbocycles. The van der Waals surface area contributed by atoms with E-state index < -0.39 is 26.0 Å². The van der Waals surface area contributed by atoms with Crippen LogP contribution in [-0.4, -0.2) is 24.6 Å². The average molecular weight is 261 g/mol. The van der Waals surface area contributed by atoms with Gasteiger partial charge in [-0.3, -0.25) is 0 Å². The molecule has 0 saturated heterocycles. The molecule has 0 spiro atoms. The van der Waals surface area contributed by atoms with E-state index in [9.17, 15) is 8.42 Å². The lowest BCUT2D eigenvalue weighted by atomic mass is 10.6. The second kappa shape index (κ2) is 3.43. The molecule has 0 aromatic carbocycles. The van der Waals surface area contributed by atoms with Crippen molar-refractivity contribution < 1.29 is 8.42 Å².